The van der Waals surface area contributed by atoms with Gasteiger partial charge in [0.15, 0.2) is 5.89 Å². The van der Waals surface area contributed by atoms with Gasteiger partial charge in [-0.05, 0) is 12.8 Å². The molecule has 3 heteroatoms. The van der Waals surface area contributed by atoms with Gasteiger partial charge in [-0.25, -0.2) is 4.98 Å². The van der Waals surface area contributed by atoms with Gasteiger partial charge in [-0.2, -0.15) is 0 Å². The van der Waals surface area contributed by atoms with E-state index in [4.69, 9.17) is 9.52 Å². The number of aliphatic hydroxyl groups is 1. The minimum atomic E-state index is 0.0984. The Kier molecular flexibility index (Phi) is 1.89. The molecule has 1 aliphatic rings. The van der Waals surface area contributed by atoms with Crippen LogP contribution in [0.2, 0.25) is 0 Å². The van der Waals surface area contributed by atoms with Gasteiger partial charge < -0.3 is 9.52 Å². The summed E-state index contributed by atoms with van der Waals surface area (Å²) in [5.74, 6) is 1.51. The Morgan fingerprint density at radius 3 is 3.08 bits per heavy atom. The SMILES string of the molecule is CC(CO)c1coc(C2CC2)n1. The summed E-state index contributed by atoms with van der Waals surface area (Å²) in [6.45, 7) is 2.07. The minimum Gasteiger partial charge on any atom is -0.448 e. The molecule has 1 fully saturated rings. The predicted molar refractivity (Wildman–Crippen MR) is 44.0 cm³/mol. The van der Waals surface area contributed by atoms with Crippen molar-refractivity contribution in [2.24, 2.45) is 0 Å². The van der Waals surface area contributed by atoms with Crippen molar-refractivity contribution in [3.63, 3.8) is 0 Å². The highest BCUT2D eigenvalue weighted by Gasteiger charge is 2.28. The van der Waals surface area contributed by atoms with E-state index in [0.717, 1.165) is 11.6 Å². The summed E-state index contributed by atoms with van der Waals surface area (Å²) in [4.78, 5) is 4.32. The van der Waals surface area contributed by atoms with E-state index >= 15 is 0 Å². The topological polar surface area (TPSA) is 46.3 Å². The molecule has 0 radical (unpaired) electrons. The first-order valence-corrected chi connectivity index (χ1v) is 4.37. The van der Waals surface area contributed by atoms with E-state index < -0.39 is 0 Å². The van der Waals surface area contributed by atoms with E-state index in [1.807, 2.05) is 6.92 Å². The highest BCUT2D eigenvalue weighted by molar-refractivity contribution is 5.09. The largest absolute Gasteiger partial charge is 0.448 e. The Balaban J connectivity index is 2.12. The highest BCUT2D eigenvalue weighted by Crippen LogP contribution is 2.39. The molecule has 0 spiro atoms. The van der Waals surface area contributed by atoms with Crippen molar-refractivity contribution in [3.05, 3.63) is 17.8 Å². The molecule has 3 nitrogen and oxygen atoms in total. The third-order valence-corrected chi connectivity index (χ3v) is 2.25. The van der Waals surface area contributed by atoms with Crippen molar-refractivity contribution >= 4 is 0 Å². The number of oxazole rings is 1. The zero-order chi connectivity index (χ0) is 8.55. The number of rotatable bonds is 3. The van der Waals surface area contributed by atoms with Crippen molar-refractivity contribution < 1.29 is 9.52 Å². The van der Waals surface area contributed by atoms with Gasteiger partial charge in [0, 0.05) is 11.8 Å². The Labute approximate surface area is 71.4 Å². The van der Waals surface area contributed by atoms with Crippen molar-refractivity contribution in [2.75, 3.05) is 6.61 Å². The average molecular weight is 167 g/mol. The molecule has 1 saturated carbocycles. The summed E-state index contributed by atoms with van der Waals surface area (Å²) in [7, 11) is 0. The Morgan fingerprint density at radius 2 is 2.50 bits per heavy atom. The molecular weight excluding hydrogens is 154 g/mol. The van der Waals surface area contributed by atoms with Crippen molar-refractivity contribution in [1.82, 2.24) is 4.98 Å². The van der Waals surface area contributed by atoms with E-state index in [0.29, 0.717) is 5.92 Å². The first kappa shape index (κ1) is 7.80. The van der Waals surface area contributed by atoms with Gasteiger partial charge in [-0.1, -0.05) is 6.92 Å². The third kappa shape index (κ3) is 1.37. The standard InChI is InChI=1S/C9H13NO2/c1-6(4-11)8-5-12-9(10-8)7-2-3-7/h5-7,11H,2-4H2,1H3. The summed E-state index contributed by atoms with van der Waals surface area (Å²) in [6, 6.07) is 0. The molecule has 1 aromatic rings. The summed E-state index contributed by atoms with van der Waals surface area (Å²) in [5.41, 5.74) is 0.874. The number of hydrogen-bond acceptors (Lipinski definition) is 3. The molecule has 0 saturated heterocycles. The van der Waals surface area contributed by atoms with Crippen molar-refractivity contribution in [2.45, 2.75) is 31.6 Å². The summed E-state index contributed by atoms with van der Waals surface area (Å²) < 4.78 is 5.29. The monoisotopic (exact) mass is 167 g/mol. The summed E-state index contributed by atoms with van der Waals surface area (Å²) >= 11 is 0. The van der Waals surface area contributed by atoms with Crippen LogP contribution in [0.3, 0.4) is 0 Å². The predicted octanol–water partition coefficient (Wildman–Crippen LogP) is 1.65. The molecule has 1 atom stereocenters. The number of aliphatic hydroxyl groups excluding tert-OH is 1. The lowest BCUT2D eigenvalue weighted by molar-refractivity contribution is 0.271. The molecule has 12 heavy (non-hydrogen) atoms. The van der Waals surface area contributed by atoms with Gasteiger partial charge in [0.2, 0.25) is 0 Å². The minimum absolute atomic E-state index is 0.0984. The first-order chi connectivity index (χ1) is 5.81. The molecule has 0 aromatic carbocycles. The maximum atomic E-state index is 8.87. The molecule has 2 rings (SSSR count). The highest BCUT2D eigenvalue weighted by atomic mass is 16.3. The fourth-order valence-electron chi connectivity index (χ4n) is 1.14. The van der Waals surface area contributed by atoms with E-state index in [-0.39, 0.29) is 12.5 Å². The molecule has 1 aliphatic carbocycles. The second kappa shape index (κ2) is 2.90. The van der Waals surface area contributed by atoms with Gasteiger partial charge in [-0.15, -0.1) is 0 Å². The maximum Gasteiger partial charge on any atom is 0.197 e. The molecule has 0 aliphatic heterocycles. The fraction of sp³-hybridized carbons (Fsp3) is 0.667. The van der Waals surface area contributed by atoms with Crippen LogP contribution in [-0.2, 0) is 0 Å². The van der Waals surface area contributed by atoms with E-state index in [1.54, 1.807) is 6.26 Å². The maximum absolute atomic E-state index is 8.87. The zero-order valence-corrected chi connectivity index (χ0v) is 7.16. The summed E-state index contributed by atoms with van der Waals surface area (Å²) in [5, 5.41) is 8.87. The number of nitrogens with zero attached hydrogens (tertiary/aromatic N) is 1. The van der Waals surface area contributed by atoms with Gasteiger partial charge in [0.1, 0.15) is 6.26 Å². The van der Waals surface area contributed by atoms with Crippen LogP contribution in [0.25, 0.3) is 0 Å². The Hall–Kier alpha value is -0.830. The van der Waals surface area contributed by atoms with Gasteiger partial charge in [0.25, 0.3) is 0 Å². The first-order valence-electron chi connectivity index (χ1n) is 4.37. The van der Waals surface area contributed by atoms with Gasteiger partial charge >= 0.3 is 0 Å². The van der Waals surface area contributed by atoms with Crippen LogP contribution in [0.5, 0.6) is 0 Å². The van der Waals surface area contributed by atoms with E-state index in [1.165, 1.54) is 12.8 Å². The van der Waals surface area contributed by atoms with E-state index in [9.17, 15) is 0 Å². The lowest BCUT2D eigenvalue weighted by Gasteiger charge is -1.99. The van der Waals surface area contributed by atoms with Gasteiger partial charge in [0.05, 0.1) is 12.3 Å². The van der Waals surface area contributed by atoms with Crippen LogP contribution in [0.15, 0.2) is 10.7 Å². The number of hydrogen-bond donors (Lipinski definition) is 1. The molecule has 0 bridgehead atoms. The quantitative estimate of drug-likeness (QED) is 0.744. The second-order valence-electron chi connectivity index (χ2n) is 3.47. The third-order valence-electron chi connectivity index (χ3n) is 2.25. The molecule has 0 amide bonds. The van der Waals surface area contributed by atoms with Crippen LogP contribution in [0.4, 0.5) is 0 Å². The van der Waals surface area contributed by atoms with Crippen LogP contribution >= 0.6 is 0 Å². The van der Waals surface area contributed by atoms with Gasteiger partial charge in [-0.3, -0.25) is 0 Å². The number of aromatic nitrogens is 1. The fourth-order valence-corrected chi connectivity index (χ4v) is 1.14. The van der Waals surface area contributed by atoms with Crippen LogP contribution in [-0.4, -0.2) is 16.7 Å². The van der Waals surface area contributed by atoms with Crippen molar-refractivity contribution in [3.8, 4) is 0 Å². The Bertz CT molecular complexity index is 265. The normalized spacial score (nSPS) is 19.5. The molecule has 66 valence electrons. The Morgan fingerprint density at radius 1 is 1.75 bits per heavy atom. The van der Waals surface area contributed by atoms with E-state index in [2.05, 4.69) is 4.98 Å². The molecule has 1 heterocycles. The van der Waals surface area contributed by atoms with Crippen molar-refractivity contribution in [1.29, 1.82) is 0 Å². The molecule has 1 aromatic heterocycles. The average Bonchev–Trinajstić information content (AvgIpc) is 2.83. The second-order valence-corrected chi connectivity index (χ2v) is 3.47. The van der Waals surface area contributed by atoms with Crippen LogP contribution in [0.1, 0.15) is 43.2 Å². The summed E-state index contributed by atoms with van der Waals surface area (Å²) in [6.07, 6.45) is 4.06. The van der Waals surface area contributed by atoms with Crippen LogP contribution < -0.4 is 0 Å². The lowest BCUT2D eigenvalue weighted by Crippen LogP contribution is -1.98. The molecular formula is C9H13NO2. The smallest absolute Gasteiger partial charge is 0.197 e. The zero-order valence-electron chi connectivity index (χ0n) is 7.16. The molecule has 1 unspecified atom stereocenters. The van der Waals surface area contributed by atoms with Crippen LogP contribution in [0, 0.1) is 0 Å². The lowest BCUT2D eigenvalue weighted by atomic mass is 10.1. The molecule has 1 N–H and O–H groups in total.